The molecule has 274 valence electrons. The summed E-state index contributed by atoms with van der Waals surface area (Å²) < 4.78 is 0. The van der Waals surface area contributed by atoms with Gasteiger partial charge in [-0.3, -0.25) is 0 Å². The molecule has 0 aliphatic heterocycles. The average Bonchev–Trinajstić information content (AvgIpc) is 3.64. The van der Waals surface area contributed by atoms with Crippen molar-refractivity contribution < 1.29 is 0 Å². The van der Waals surface area contributed by atoms with E-state index in [1.165, 1.54) is 115 Å². The van der Waals surface area contributed by atoms with E-state index in [9.17, 15) is 0 Å². The molecule has 0 nitrogen and oxygen atoms in total. The monoisotopic (exact) mass is 764 g/mol. The van der Waals surface area contributed by atoms with Crippen LogP contribution >= 0.6 is 7.92 Å². The topological polar surface area (TPSA) is 0 Å². The van der Waals surface area contributed by atoms with E-state index < -0.39 is 7.92 Å². The lowest BCUT2D eigenvalue weighted by Crippen LogP contribution is -2.21. The zero-order chi connectivity index (χ0) is 38.9. The van der Waals surface area contributed by atoms with Gasteiger partial charge in [0.1, 0.15) is 0 Å². The van der Waals surface area contributed by atoms with Crippen LogP contribution in [0, 0.1) is 0 Å². The Balaban J connectivity index is 1.00. The minimum atomic E-state index is -0.847. The lowest BCUT2D eigenvalue weighted by molar-refractivity contribution is 1.63. The van der Waals surface area contributed by atoms with Gasteiger partial charge in [-0.15, -0.1) is 0 Å². The number of fused-ring (bicyclic) bond motifs is 10. The highest BCUT2D eigenvalue weighted by Crippen LogP contribution is 2.51. The summed E-state index contributed by atoms with van der Waals surface area (Å²) in [5.74, 6) is 0. The highest BCUT2D eigenvalue weighted by Gasteiger charge is 2.24. The molecular formula is C58H37P. The van der Waals surface area contributed by atoms with Gasteiger partial charge in [-0.25, -0.2) is 0 Å². The molecule has 1 aliphatic carbocycles. The van der Waals surface area contributed by atoms with Crippen LogP contribution in [0.4, 0.5) is 0 Å². The van der Waals surface area contributed by atoms with Crippen LogP contribution < -0.4 is 15.9 Å². The maximum absolute atomic E-state index is 2.46. The highest BCUT2D eigenvalue weighted by atomic mass is 31.1. The average molecular weight is 765 g/mol. The number of rotatable bonds is 6. The Kier molecular flexibility index (Phi) is 7.93. The van der Waals surface area contributed by atoms with E-state index in [-0.39, 0.29) is 0 Å². The third-order valence-corrected chi connectivity index (χ3v) is 14.8. The van der Waals surface area contributed by atoms with Crippen molar-refractivity contribution in [2.45, 2.75) is 0 Å². The van der Waals surface area contributed by atoms with Crippen molar-refractivity contribution in [2.24, 2.45) is 0 Å². The van der Waals surface area contributed by atoms with Gasteiger partial charge in [-0.2, -0.15) is 0 Å². The molecular weight excluding hydrogens is 728 g/mol. The van der Waals surface area contributed by atoms with E-state index >= 15 is 0 Å². The van der Waals surface area contributed by atoms with Crippen LogP contribution in [0.2, 0.25) is 0 Å². The van der Waals surface area contributed by atoms with E-state index in [0.29, 0.717) is 0 Å². The minimum absolute atomic E-state index is 0.847. The summed E-state index contributed by atoms with van der Waals surface area (Å²) in [6, 6.07) is 83.6. The first-order chi connectivity index (χ1) is 29.3. The highest BCUT2D eigenvalue weighted by molar-refractivity contribution is 7.79. The van der Waals surface area contributed by atoms with Gasteiger partial charge in [0, 0.05) is 0 Å². The van der Waals surface area contributed by atoms with E-state index in [2.05, 4.69) is 224 Å². The SMILES string of the molecule is c1ccc(-c2cccc(P(c3ccc(-c4ccc5c(c4)c4ccccc4c4cc6c7c(cccc7c54)-c4ccccc4-6)cc3)c3cccc(-c4ccccc4)c3)c2)cc1. The van der Waals surface area contributed by atoms with Crippen LogP contribution in [0.25, 0.3) is 98.7 Å². The van der Waals surface area contributed by atoms with Gasteiger partial charge in [-0.1, -0.05) is 200 Å². The van der Waals surface area contributed by atoms with Crippen molar-refractivity contribution in [2.75, 3.05) is 0 Å². The van der Waals surface area contributed by atoms with Crippen molar-refractivity contribution in [3.05, 3.63) is 224 Å². The second-order valence-corrected chi connectivity index (χ2v) is 17.9. The largest absolute Gasteiger partial charge is 0.0622 e. The number of hydrogen-bond donors (Lipinski definition) is 0. The zero-order valence-electron chi connectivity index (χ0n) is 32.3. The van der Waals surface area contributed by atoms with Gasteiger partial charge in [0.2, 0.25) is 0 Å². The smallest absolute Gasteiger partial charge is 0.00197 e. The van der Waals surface area contributed by atoms with Crippen molar-refractivity contribution >= 4 is 66.9 Å². The van der Waals surface area contributed by atoms with Gasteiger partial charge in [0.15, 0.2) is 0 Å². The van der Waals surface area contributed by atoms with E-state index in [1.807, 2.05) is 0 Å². The van der Waals surface area contributed by atoms with Crippen LogP contribution in [0.1, 0.15) is 0 Å². The molecule has 0 aromatic heterocycles. The molecule has 0 radical (unpaired) electrons. The molecule has 12 rings (SSSR count). The molecule has 0 N–H and O–H groups in total. The second kappa shape index (κ2) is 13.8. The standard InChI is InChI=1S/C58H37P/c1-3-14-38(15-4-1)41-18-11-20-45(34-41)59(46-21-12-19-42(35-46)39-16-5-2-6-17-39)44-31-28-40(29-32-44)43-30-33-52-54(36-43)48-23-8-10-25-50(48)56-37-55-49-24-9-7-22-47(49)51-26-13-27-53(57(51)55)58(52)56/h1-37H. The van der Waals surface area contributed by atoms with E-state index in [0.717, 1.165) is 0 Å². The Morgan fingerprint density at radius 1 is 0.203 bits per heavy atom. The van der Waals surface area contributed by atoms with Crippen LogP contribution in [-0.4, -0.2) is 0 Å². The molecule has 0 atom stereocenters. The molecule has 1 heteroatoms. The van der Waals surface area contributed by atoms with Crippen LogP contribution in [0.15, 0.2) is 224 Å². The summed E-state index contributed by atoms with van der Waals surface area (Å²) in [6.45, 7) is 0. The Labute approximate surface area is 345 Å². The minimum Gasteiger partial charge on any atom is -0.0622 e. The first kappa shape index (κ1) is 34.0. The molecule has 0 heterocycles. The molecule has 0 saturated carbocycles. The quantitative estimate of drug-likeness (QED) is 0.117. The Hall–Kier alpha value is -7.11. The third kappa shape index (κ3) is 5.56. The third-order valence-electron chi connectivity index (χ3n) is 12.3. The summed E-state index contributed by atoms with van der Waals surface area (Å²) in [4.78, 5) is 0. The van der Waals surface area contributed by atoms with Gasteiger partial charge >= 0.3 is 0 Å². The van der Waals surface area contributed by atoms with Crippen LogP contribution in [0.5, 0.6) is 0 Å². The van der Waals surface area contributed by atoms with Crippen molar-refractivity contribution in [1.29, 1.82) is 0 Å². The Morgan fingerprint density at radius 3 is 1.34 bits per heavy atom. The normalized spacial score (nSPS) is 11.9. The molecule has 0 saturated heterocycles. The molecule has 0 bridgehead atoms. The summed E-state index contributed by atoms with van der Waals surface area (Å²) >= 11 is 0. The van der Waals surface area contributed by atoms with Gasteiger partial charge in [-0.05, 0) is 147 Å². The van der Waals surface area contributed by atoms with Crippen LogP contribution in [0.3, 0.4) is 0 Å². The fourth-order valence-corrected chi connectivity index (χ4v) is 12.0. The number of benzene rings is 11. The summed E-state index contributed by atoms with van der Waals surface area (Å²) in [6.07, 6.45) is 0. The van der Waals surface area contributed by atoms with Gasteiger partial charge in [0.05, 0.1) is 0 Å². The molecule has 0 amide bonds. The van der Waals surface area contributed by atoms with E-state index in [4.69, 9.17) is 0 Å². The first-order valence-corrected chi connectivity index (χ1v) is 21.8. The predicted molar refractivity (Wildman–Crippen MR) is 256 cm³/mol. The predicted octanol–water partition coefficient (Wildman–Crippen LogP) is 14.7. The summed E-state index contributed by atoms with van der Waals surface area (Å²) in [5, 5.41) is 14.6. The van der Waals surface area contributed by atoms with Crippen LogP contribution in [-0.2, 0) is 0 Å². The maximum Gasteiger partial charge on any atom is -0.00197 e. The summed E-state index contributed by atoms with van der Waals surface area (Å²) in [7, 11) is -0.847. The van der Waals surface area contributed by atoms with Gasteiger partial charge in [0.25, 0.3) is 0 Å². The van der Waals surface area contributed by atoms with Crippen molar-refractivity contribution in [1.82, 2.24) is 0 Å². The molecule has 11 aromatic carbocycles. The first-order valence-electron chi connectivity index (χ1n) is 20.4. The fraction of sp³-hybridized carbons (Fsp3) is 0. The van der Waals surface area contributed by atoms with Crippen molar-refractivity contribution in [3.8, 4) is 55.6 Å². The summed E-state index contributed by atoms with van der Waals surface area (Å²) in [5.41, 5.74) is 12.8. The molecule has 11 aromatic rings. The molecule has 0 unspecified atom stereocenters. The lowest BCUT2D eigenvalue weighted by atomic mass is 9.88. The fourth-order valence-electron chi connectivity index (χ4n) is 9.65. The second-order valence-electron chi connectivity index (χ2n) is 15.6. The maximum atomic E-state index is 2.46. The van der Waals surface area contributed by atoms with E-state index in [1.54, 1.807) is 0 Å². The molecule has 1 aliphatic rings. The molecule has 0 spiro atoms. The van der Waals surface area contributed by atoms with Crippen molar-refractivity contribution in [3.63, 3.8) is 0 Å². The lowest BCUT2D eigenvalue weighted by Gasteiger charge is -2.21. The number of hydrogen-bond acceptors (Lipinski definition) is 0. The Morgan fingerprint density at radius 2 is 0.678 bits per heavy atom. The van der Waals surface area contributed by atoms with Gasteiger partial charge < -0.3 is 0 Å². The zero-order valence-corrected chi connectivity index (χ0v) is 33.2. The molecule has 59 heavy (non-hydrogen) atoms. The Bertz CT molecular complexity index is 3340. The molecule has 0 fully saturated rings.